The first-order valence-electron chi connectivity index (χ1n) is 17.3. The van der Waals surface area contributed by atoms with Gasteiger partial charge in [0.2, 0.25) is 0 Å². The minimum absolute atomic E-state index is 0.643. The lowest BCUT2D eigenvalue weighted by Gasteiger charge is -2.36. The second-order valence-corrected chi connectivity index (χ2v) is 13.7. The van der Waals surface area contributed by atoms with Gasteiger partial charge in [-0.1, -0.05) is 127 Å². The van der Waals surface area contributed by atoms with Gasteiger partial charge in [-0.3, -0.25) is 0 Å². The van der Waals surface area contributed by atoms with Gasteiger partial charge in [0.15, 0.2) is 11.4 Å². The summed E-state index contributed by atoms with van der Waals surface area (Å²) in [6, 6.07) is 53.5. The van der Waals surface area contributed by atoms with Gasteiger partial charge in [-0.25, -0.2) is 15.0 Å². The SMILES string of the molecule is Clc1cc2c(c(N(c3ccccc3)c3cccc4c3oc3ccccc34)c1)C1(c3ccccc3-2)c2ccccc2-c2c(-c3ncncn3)cccc21. The van der Waals surface area contributed by atoms with E-state index in [4.69, 9.17) is 16.0 Å². The fourth-order valence-corrected chi connectivity index (χ4v) is 9.11. The maximum absolute atomic E-state index is 7.22. The molecule has 7 aromatic carbocycles. The molecule has 52 heavy (non-hydrogen) atoms. The zero-order valence-electron chi connectivity index (χ0n) is 27.7. The highest BCUT2D eigenvalue weighted by molar-refractivity contribution is 6.31. The monoisotopic (exact) mass is 686 g/mol. The fourth-order valence-electron chi connectivity index (χ4n) is 8.90. The summed E-state index contributed by atoms with van der Waals surface area (Å²) in [5.41, 5.74) is 14.1. The average molecular weight is 687 g/mol. The van der Waals surface area contributed by atoms with Gasteiger partial charge in [0.05, 0.1) is 16.8 Å². The number of halogens is 1. The van der Waals surface area contributed by atoms with Crippen molar-refractivity contribution < 1.29 is 4.42 Å². The zero-order chi connectivity index (χ0) is 34.4. The molecular weight excluding hydrogens is 660 g/mol. The predicted molar refractivity (Wildman–Crippen MR) is 209 cm³/mol. The summed E-state index contributed by atoms with van der Waals surface area (Å²) < 4.78 is 6.72. The fraction of sp³-hybridized carbons (Fsp3) is 0.0217. The van der Waals surface area contributed by atoms with Crippen LogP contribution >= 0.6 is 11.6 Å². The Kier molecular flexibility index (Phi) is 6.16. The van der Waals surface area contributed by atoms with Gasteiger partial charge < -0.3 is 9.32 Å². The van der Waals surface area contributed by atoms with Crippen LogP contribution in [-0.4, -0.2) is 15.0 Å². The molecule has 0 aliphatic heterocycles. The Morgan fingerprint density at radius 1 is 0.538 bits per heavy atom. The van der Waals surface area contributed by atoms with E-state index in [0.29, 0.717) is 10.8 Å². The van der Waals surface area contributed by atoms with E-state index in [-0.39, 0.29) is 0 Å². The molecule has 0 N–H and O–H groups in total. The predicted octanol–water partition coefficient (Wildman–Crippen LogP) is 11.9. The number of aromatic nitrogens is 3. The first-order chi connectivity index (χ1) is 25.7. The summed E-state index contributed by atoms with van der Waals surface area (Å²) in [6.45, 7) is 0. The highest BCUT2D eigenvalue weighted by Gasteiger charge is 2.54. The minimum Gasteiger partial charge on any atom is -0.454 e. The summed E-state index contributed by atoms with van der Waals surface area (Å²) >= 11 is 7.22. The smallest absolute Gasteiger partial charge is 0.163 e. The summed E-state index contributed by atoms with van der Waals surface area (Å²) in [5, 5.41) is 2.80. The maximum atomic E-state index is 7.22. The molecule has 1 spiro atoms. The molecule has 2 aromatic heterocycles. The number of hydrogen-bond donors (Lipinski definition) is 0. The number of para-hydroxylation sites is 3. The van der Waals surface area contributed by atoms with Crippen LogP contribution in [0.25, 0.3) is 55.6 Å². The van der Waals surface area contributed by atoms with E-state index < -0.39 is 5.41 Å². The van der Waals surface area contributed by atoms with E-state index in [0.717, 1.165) is 72.4 Å². The van der Waals surface area contributed by atoms with Crippen LogP contribution in [0.4, 0.5) is 17.1 Å². The van der Waals surface area contributed by atoms with Gasteiger partial charge in [0.1, 0.15) is 18.2 Å². The van der Waals surface area contributed by atoms with Gasteiger partial charge in [-0.2, -0.15) is 0 Å². The molecular formula is C46H27ClN4O. The number of furan rings is 1. The number of fused-ring (bicyclic) bond motifs is 13. The quantitative estimate of drug-likeness (QED) is 0.184. The highest BCUT2D eigenvalue weighted by atomic mass is 35.5. The molecule has 2 aliphatic rings. The molecule has 0 fully saturated rings. The van der Waals surface area contributed by atoms with Crippen LogP contribution in [0.3, 0.4) is 0 Å². The standard InChI is InChI=1S/C46H27ClN4O/c47-28-24-35-30-14-4-7-19-36(30)46(37-20-8-5-16-33(37)42-34(18-10-21-38(42)46)45-49-26-48-27-50-45)43(35)40(25-28)51(29-12-2-1-3-13-29)39-22-11-17-32-31-15-6-9-23-41(31)52-44(32)39/h1-27H. The number of nitrogens with zero attached hydrogens (tertiary/aromatic N) is 4. The molecule has 244 valence electrons. The van der Waals surface area contributed by atoms with Crippen molar-refractivity contribution in [2.45, 2.75) is 5.41 Å². The van der Waals surface area contributed by atoms with Crippen molar-refractivity contribution in [3.8, 4) is 33.6 Å². The third kappa shape index (κ3) is 3.86. The molecule has 0 bridgehead atoms. The van der Waals surface area contributed by atoms with Crippen LogP contribution in [0.1, 0.15) is 22.3 Å². The van der Waals surface area contributed by atoms with Gasteiger partial charge in [0, 0.05) is 32.6 Å². The maximum Gasteiger partial charge on any atom is 0.163 e. The molecule has 0 radical (unpaired) electrons. The van der Waals surface area contributed by atoms with E-state index in [2.05, 4.69) is 159 Å². The third-order valence-corrected chi connectivity index (χ3v) is 11.0. The zero-order valence-corrected chi connectivity index (χ0v) is 28.4. The van der Waals surface area contributed by atoms with Gasteiger partial charge in [-0.05, 0) is 75.3 Å². The van der Waals surface area contributed by atoms with Crippen LogP contribution in [0.15, 0.2) is 169 Å². The molecule has 11 rings (SSSR count). The number of hydrogen-bond acceptors (Lipinski definition) is 5. The lowest BCUT2D eigenvalue weighted by atomic mass is 9.69. The molecule has 2 heterocycles. The van der Waals surface area contributed by atoms with Crippen LogP contribution in [-0.2, 0) is 5.41 Å². The summed E-state index contributed by atoms with van der Waals surface area (Å²) in [5.74, 6) is 0.643. The van der Waals surface area contributed by atoms with E-state index in [1.54, 1.807) is 12.7 Å². The van der Waals surface area contributed by atoms with Crippen molar-refractivity contribution in [2.24, 2.45) is 0 Å². The molecule has 5 nitrogen and oxygen atoms in total. The second kappa shape index (κ2) is 11.0. The van der Waals surface area contributed by atoms with Crippen LogP contribution < -0.4 is 4.90 Å². The largest absolute Gasteiger partial charge is 0.454 e. The number of rotatable bonds is 4. The minimum atomic E-state index is -0.685. The molecule has 1 atom stereocenters. The molecule has 1 unspecified atom stereocenters. The molecule has 6 heteroatoms. The normalized spacial score (nSPS) is 15.1. The topological polar surface area (TPSA) is 55.1 Å². The Labute approximate surface area is 304 Å². The molecule has 0 amide bonds. The van der Waals surface area contributed by atoms with E-state index in [9.17, 15) is 0 Å². The number of anilines is 3. The van der Waals surface area contributed by atoms with Crippen molar-refractivity contribution in [1.82, 2.24) is 15.0 Å². The average Bonchev–Trinajstić information content (AvgIpc) is 3.83. The Morgan fingerprint density at radius 2 is 1.19 bits per heavy atom. The lowest BCUT2D eigenvalue weighted by molar-refractivity contribution is 0.669. The van der Waals surface area contributed by atoms with Crippen molar-refractivity contribution in [3.05, 3.63) is 192 Å². The summed E-state index contributed by atoms with van der Waals surface area (Å²) in [4.78, 5) is 15.7. The molecule has 9 aromatic rings. The van der Waals surface area contributed by atoms with Gasteiger partial charge in [0.25, 0.3) is 0 Å². The molecule has 0 saturated carbocycles. The Bertz CT molecular complexity index is 2890. The van der Waals surface area contributed by atoms with Crippen LogP contribution in [0, 0.1) is 0 Å². The second-order valence-electron chi connectivity index (χ2n) is 13.3. The van der Waals surface area contributed by atoms with Gasteiger partial charge in [-0.15, -0.1) is 0 Å². The third-order valence-electron chi connectivity index (χ3n) is 10.8. The van der Waals surface area contributed by atoms with Crippen LogP contribution in [0.5, 0.6) is 0 Å². The first-order valence-corrected chi connectivity index (χ1v) is 17.7. The first kappa shape index (κ1) is 29.2. The lowest BCUT2D eigenvalue weighted by Crippen LogP contribution is -2.28. The summed E-state index contributed by atoms with van der Waals surface area (Å²) in [7, 11) is 0. The Morgan fingerprint density at radius 3 is 2.04 bits per heavy atom. The van der Waals surface area contributed by atoms with Crippen molar-refractivity contribution in [3.63, 3.8) is 0 Å². The van der Waals surface area contributed by atoms with Crippen LogP contribution in [0.2, 0.25) is 5.02 Å². The Balaban J connectivity index is 1.30. The molecule has 2 aliphatic carbocycles. The van der Waals surface area contributed by atoms with Crippen molar-refractivity contribution in [2.75, 3.05) is 4.90 Å². The highest BCUT2D eigenvalue weighted by Crippen LogP contribution is 2.66. The van der Waals surface area contributed by atoms with E-state index >= 15 is 0 Å². The Hall–Kier alpha value is -6.56. The van der Waals surface area contributed by atoms with E-state index in [1.807, 2.05) is 12.1 Å². The number of benzene rings is 7. The van der Waals surface area contributed by atoms with Crippen molar-refractivity contribution in [1.29, 1.82) is 0 Å². The van der Waals surface area contributed by atoms with E-state index in [1.165, 1.54) is 16.7 Å². The summed E-state index contributed by atoms with van der Waals surface area (Å²) in [6.07, 6.45) is 3.13. The molecule has 0 saturated heterocycles. The van der Waals surface area contributed by atoms with Gasteiger partial charge >= 0.3 is 0 Å². The van der Waals surface area contributed by atoms with Crippen molar-refractivity contribution >= 4 is 50.6 Å².